The van der Waals surface area contributed by atoms with Crippen molar-refractivity contribution >= 4 is 10.0 Å². The average molecular weight is 215 g/mol. The van der Waals surface area contributed by atoms with Crippen molar-refractivity contribution in [2.24, 2.45) is 0 Å². The van der Waals surface area contributed by atoms with Gasteiger partial charge in [0.15, 0.2) is 10.0 Å². The minimum atomic E-state index is -3.51. The standard InChI is InChI=1S/C8H13N3O2S/c1-6(2)8-7(3-10-5-11-8)4-14(9,12)13/h3,5-6H,4H2,1-2H3,(H2,9,12,13). The third-order valence-electron chi connectivity index (χ3n) is 1.72. The van der Waals surface area contributed by atoms with Crippen LogP contribution in [0.15, 0.2) is 12.5 Å². The maximum atomic E-state index is 10.9. The molecule has 1 aromatic heterocycles. The molecule has 0 aliphatic heterocycles. The van der Waals surface area contributed by atoms with Gasteiger partial charge >= 0.3 is 0 Å². The molecule has 1 rings (SSSR count). The highest BCUT2D eigenvalue weighted by atomic mass is 32.2. The number of aromatic nitrogens is 2. The summed E-state index contributed by atoms with van der Waals surface area (Å²) in [5.41, 5.74) is 1.30. The van der Waals surface area contributed by atoms with Crippen LogP contribution in [0, 0.1) is 4.78 Å². The molecule has 0 bridgehead atoms. The smallest absolute Gasteiger partial charge is 0.162 e. The van der Waals surface area contributed by atoms with E-state index in [1.54, 1.807) is 0 Å². The minimum Gasteiger partial charge on any atom is -0.300 e. The Labute approximate surface area is 83.4 Å². The Hall–Kier alpha value is -1.01. The monoisotopic (exact) mass is 215 g/mol. The van der Waals surface area contributed by atoms with Gasteiger partial charge in [0.2, 0.25) is 0 Å². The summed E-state index contributed by atoms with van der Waals surface area (Å²) in [6.07, 6.45) is 2.90. The Morgan fingerprint density at radius 3 is 2.79 bits per heavy atom. The van der Waals surface area contributed by atoms with E-state index in [1.165, 1.54) is 12.5 Å². The summed E-state index contributed by atoms with van der Waals surface area (Å²) in [5.74, 6) is -0.0452. The number of rotatable bonds is 3. The summed E-state index contributed by atoms with van der Waals surface area (Å²) in [6, 6.07) is 0. The molecule has 1 unspecified atom stereocenters. The molecular weight excluding hydrogens is 202 g/mol. The number of hydrogen-bond acceptors (Lipinski definition) is 4. The van der Waals surface area contributed by atoms with Crippen LogP contribution in [0.2, 0.25) is 0 Å². The molecule has 2 N–H and O–H groups in total. The minimum absolute atomic E-state index is 0.162. The molecule has 6 heteroatoms. The summed E-state index contributed by atoms with van der Waals surface area (Å²) in [6.45, 7) is 3.88. The van der Waals surface area contributed by atoms with Crippen molar-refractivity contribution in [2.75, 3.05) is 0 Å². The van der Waals surface area contributed by atoms with Crippen molar-refractivity contribution in [1.29, 1.82) is 4.78 Å². The van der Waals surface area contributed by atoms with Crippen LogP contribution in [-0.2, 0) is 15.8 Å². The Kier molecular flexibility index (Phi) is 3.17. The van der Waals surface area contributed by atoms with Crippen molar-refractivity contribution in [1.82, 2.24) is 9.97 Å². The van der Waals surface area contributed by atoms with Gasteiger partial charge in [0.05, 0.1) is 11.4 Å². The highest BCUT2D eigenvalue weighted by Gasteiger charge is 2.11. The Bertz CT molecular complexity index is 414. The van der Waals surface area contributed by atoms with Crippen LogP contribution in [0.1, 0.15) is 31.0 Å². The highest BCUT2D eigenvalue weighted by molar-refractivity contribution is 7.86. The van der Waals surface area contributed by atoms with E-state index >= 15 is 0 Å². The van der Waals surface area contributed by atoms with Gasteiger partial charge in [-0.2, -0.15) is 0 Å². The molecule has 1 atom stereocenters. The van der Waals surface area contributed by atoms with Crippen LogP contribution in [0.3, 0.4) is 0 Å². The first kappa shape index (κ1) is 11.1. The fourth-order valence-electron chi connectivity index (χ4n) is 1.21. The molecule has 0 fully saturated rings. The molecule has 0 aliphatic carbocycles. The van der Waals surface area contributed by atoms with Crippen molar-refractivity contribution in [2.45, 2.75) is 25.5 Å². The van der Waals surface area contributed by atoms with Gasteiger partial charge in [-0.15, -0.1) is 0 Å². The molecule has 1 aromatic rings. The van der Waals surface area contributed by atoms with E-state index < -0.39 is 10.0 Å². The normalized spacial score (nSPS) is 15.4. The molecule has 0 spiro atoms. The fraction of sp³-hybridized carbons (Fsp3) is 0.500. The van der Waals surface area contributed by atoms with Gasteiger partial charge in [0.1, 0.15) is 6.33 Å². The number of hydrogen-bond donors (Lipinski definition) is 2. The Morgan fingerprint density at radius 1 is 1.64 bits per heavy atom. The molecule has 78 valence electrons. The fourth-order valence-corrected chi connectivity index (χ4v) is 1.85. The zero-order chi connectivity index (χ0) is 10.8. The molecule has 0 amide bonds. The summed E-state index contributed by atoms with van der Waals surface area (Å²) >= 11 is 0. The summed E-state index contributed by atoms with van der Waals surface area (Å²) in [4.78, 5) is 7.81. The first-order valence-electron chi connectivity index (χ1n) is 4.18. The van der Waals surface area contributed by atoms with Crippen molar-refractivity contribution < 1.29 is 8.76 Å². The quantitative estimate of drug-likeness (QED) is 0.802. The van der Waals surface area contributed by atoms with Crippen LogP contribution >= 0.6 is 0 Å². The molecule has 0 aromatic carbocycles. The lowest BCUT2D eigenvalue weighted by Gasteiger charge is -2.09. The Morgan fingerprint density at radius 2 is 2.29 bits per heavy atom. The van der Waals surface area contributed by atoms with Crippen molar-refractivity contribution in [3.63, 3.8) is 0 Å². The molecule has 0 aliphatic rings. The lowest BCUT2D eigenvalue weighted by Crippen LogP contribution is -2.06. The Balaban J connectivity index is 3.08. The zero-order valence-corrected chi connectivity index (χ0v) is 8.91. The second kappa shape index (κ2) is 4.02. The maximum absolute atomic E-state index is 10.9. The van der Waals surface area contributed by atoms with Gasteiger partial charge < -0.3 is 4.55 Å². The molecule has 14 heavy (non-hydrogen) atoms. The van der Waals surface area contributed by atoms with Crippen molar-refractivity contribution in [3.05, 3.63) is 23.8 Å². The van der Waals surface area contributed by atoms with Gasteiger partial charge in [0, 0.05) is 11.8 Å². The maximum Gasteiger partial charge on any atom is 0.162 e. The van der Waals surface area contributed by atoms with Crippen LogP contribution in [-0.4, -0.2) is 18.7 Å². The van der Waals surface area contributed by atoms with Crippen LogP contribution in [0.5, 0.6) is 0 Å². The largest absolute Gasteiger partial charge is 0.300 e. The van der Waals surface area contributed by atoms with Crippen LogP contribution in [0.4, 0.5) is 0 Å². The number of nitrogens with zero attached hydrogens (tertiary/aromatic N) is 2. The lowest BCUT2D eigenvalue weighted by atomic mass is 10.1. The van der Waals surface area contributed by atoms with E-state index in [4.69, 9.17) is 9.33 Å². The van der Waals surface area contributed by atoms with Crippen molar-refractivity contribution in [3.8, 4) is 0 Å². The second-order valence-electron chi connectivity index (χ2n) is 3.37. The van der Waals surface area contributed by atoms with E-state index in [-0.39, 0.29) is 11.7 Å². The van der Waals surface area contributed by atoms with Gasteiger partial charge in [-0.05, 0) is 5.92 Å². The van der Waals surface area contributed by atoms with Gasteiger partial charge in [-0.1, -0.05) is 13.8 Å². The summed E-state index contributed by atoms with van der Waals surface area (Å²) in [5, 5.41) is 0. The highest BCUT2D eigenvalue weighted by Crippen LogP contribution is 2.17. The predicted octanol–water partition coefficient (Wildman–Crippen LogP) is 1.62. The van der Waals surface area contributed by atoms with Crippen LogP contribution < -0.4 is 0 Å². The van der Waals surface area contributed by atoms with Gasteiger partial charge in [-0.3, -0.25) is 0 Å². The first-order valence-corrected chi connectivity index (χ1v) is 5.86. The van der Waals surface area contributed by atoms with E-state index in [9.17, 15) is 4.21 Å². The molecule has 0 saturated carbocycles. The second-order valence-corrected chi connectivity index (χ2v) is 4.94. The van der Waals surface area contributed by atoms with Gasteiger partial charge in [0.25, 0.3) is 0 Å². The van der Waals surface area contributed by atoms with E-state index in [0.29, 0.717) is 5.56 Å². The zero-order valence-electron chi connectivity index (χ0n) is 8.10. The average Bonchev–Trinajstić information content (AvgIpc) is 2.01. The third-order valence-corrected chi connectivity index (χ3v) is 2.42. The van der Waals surface area contributed by atoms with E-state index in [1.807, 2.05) is 13.8 Å². The lowest BCUT2D eigenvalue weighted by molar-refractivity contribution is 0.546. The van der Waals surface area contributed by atoms with E-state index in [0.717, 1.165) is 5.69 Å². The molecule has 0 radical (unpaired) electrons. The molecule has 0 saturated heterocycles. The summed E-state index contributed by atoms with van der Waals surface area (Å²) < 4.78 is 26.7. The SMILES string of the molecule is CC(C)c1ncncc1CS(=N)(=O)O. The van der Waals surface area contributed by atoms with E-state index in [2.05, 4.69) is 9.97 Å². The van der Waals surface area contributed by atoms with Gasteiger partial charge in [-0.25, -0.2) is 19.0 Å². The molecular formula is C8H13N3O2S. The third kappa shape index (κ3) is 3.04. The molecule has 5 nitrogen and oxygen atoms in total. The predicted molar refractivity (Wildman–Crippen MR) is 53.3 cm³/mol. The summed E-state index contributed by atoms with van der Waals surface area (Å²) in [7, 11) is -3.51. The molecule has 1 heterocycles. The van der Waals surface area contributed by atoms with Crippen LogP contribution in [0.25, 0.3) is 0 Å². The number of nitrogens with one attached hydrogen (secondary N) is 1. The first-order chi connectivity index (χ1) is 6.40. The topological polar surface area (TPSA) is 86.9 Å².